The normalized spacial score (nSPS) is 33.2. The quantitative estimate of drug-likeness (QED) is 0.354. The third-order valence-corrected chi connectivity index (χ3v) is 5.66. The molecule has 0 aromatic carbocycles. The second kappa shape index (κ2) is 12.1. The summed E-state index contributed by atoms with van der Waals surface area (Å²) in [5.41, 5.74) is 0. The Kier molecular flexibility index (Phi) is 11.5. The van der Waals surface area contributed by atoms with Crippen molar-refractivity contribution in [2.24, 2.45) is 5.92 Å². The Hall–Kier alpha value is 0.660. The Morgan fingerprint density at radius 2 is 1.96 bits per heavy atom. The number of aliphatic carboxylic acids is 1. The summed E-state index contributed by atoms with van der Waals surface area (Å²) < 4.78 is 11.4. The molecule has 0 saturated carbocycles. The van der Waals surface area contributed by atoms with Crippen LogP contribution < -0.4 is 34.7 Å². The fraction of sp³-hybridized carbons (Fsp3) is 0.938. The molecule has 3 aliphatic rings. The number of carboxylic acid groups (broad SMARTS) is 1. The molecule has 0 aromatic rings. The van der Waals surface area contributed by atoms with Crippen molar-refractivity contribution >= 4 is 17.7 Å². The number of hydrogen-bond donors (Lipinski definition) is 2. The summed E-state index contributed by atoms with van der Waals surface area (Å²) in [5.74, 6) is 0.659. The van der Waals surface area contributed by atoms with Gasteiger partial charge in [0.1, 0.15) is 6.10 Å². The SMILES string of the molecule is O=C([O-])CCCCCSCC1OC2OCCCCC1C(O)C2O.[Na+]. The molecule has 5 unspecified atom stereocenters. The fourth-order valence-electron chi connectivity index (χ4n) is 3.18. The van der Waals surface area contributed by atoms with Crippen molar-refractivity contribution in [3.63, 3.8) is 0 Å². The molecule has 2 N–H and O–H groups in total. The van der Waals surface area contributed by atoms with Crippen LogP contribution in [-0.4, -0.2) is 58.9 Å². The molecule has 3 heterocycles. The molecule has 3 rings (SSSR count). The molecule has 3 aliphatic heterocycles. The van der Waals surface area contributed by atoms with Crippen LogP contribution in [0.5, 0.6) is 0 Å². The van der Waals surface area contributed by atoms with Gasteiger partial charge in [-0.3, -0.25) is 0 Å². The van der Waals surface area contributed by atoms with Gasteiger partial charge < -0.3 is 29.6 Å². The summed E-state index contributed by atoms with van der Waals surface area (Å²) in [4.78, 5) is 10.3. The summed E-state index contributed by atoms with van der Waals surface area (Å²) in [6.07, 6.45) is 2.76. The van der Waals surface area contributed by atoms with Crippen molar-refractivity contribution < 1.29 is 59.1 Å². The second-order valence-corrected chi connectivity index (χ2v) is 7.46. The van der Waals surface area contributed by atoms with Crippen LogP contribution in [0.25, 0.3) is 0 Å². The Balaban J connectivity index is 0.00000288. The second-order valence-electron chi connectivity index (χ2n) is 6.31. The minimum atomic E-state index is -0.986. The first-order chi connectivity index (χ1) is 11.1. The van der Waals surface area contributed by atoms with Crippen LogP contribution in [0.4, 0.5) is 0 Å². The van der Waals surface area contributed by atoms with Gasteiger partial charge >= 0.3 is 29.6 Å². The maximum absolute atomic E-state index is 10.3. The average Bonchev–Trinajstić information content (AvgIpc) is 2.65. The first-order valence-corrected chi connectivity index (χ1v) is 9.66. The van der Waals surface area contributed by atoms with E-state index in [1.54, 1.807) is 11.8 Å². The van der Waals surface area contributed by atoms with E-state index in [4.69, 9.17) is 9.47 Å². The predicted molar refractivity (Wildman–Crippen MR) is 84.8 cm³/mol. The molecule has 8 heteroatoms. The van der Waals surface area contributed by atoms with Crippen LogP contribution in [0.1, 0.15) is 44.9 Å². The van der Waals surface area contributed by atoms with Gasteiger partial charge in [0.2, 0.25) is 0 Å². The van der Waals surface area contributed by atoms with Crippen LogP contribution in [0, 0.1) is 5.92 Å². The van der Waals surface area contributed by atoms with E-state index in [9.17, 15) is 20.1 Å². The summed E-state index contributed by atoms with van der Waals surface area (Å²) in [7, 11) is 0. The van der Waals surface area contributed by atoms with Crippen LogP contribution in [0.2, 0.25) is 0 Å². The number of rotatable bonds is 8. The number of hydrogen-bond acceptors (Lipinski definition) is 7. The smallest absolute Gasteiger partial charge is 0.550 e. The van der Waals surface area contributed by atoms with E-state index < -0.39 is 24.5 Å². The molecular formula is C16H27NaO6S. The number of fused-ring (bicyclic) bond motifs is 6. The van der Waals surface area contributed by atoms with E-state index >= 15 is 0 Å². The zero-order chi connectivity index (χ0) is 16.7. The maximum Gasteiger partial charge on any atom is 1.00 e. The Morgan fingerprint density at radius 3 is 2.71 bits per heavy atom. The van der Waals surface area contributed by atoms with E-state index in [2.05, 4.69) is 0 Å². The van der Waals surface area contributed by atoms with Gasteiger partial charge in [0.15, 0.2) is 6.29 Å². The minimum Gasteiger partial charge on any atom is -0.550 e. The average molecular weight is 370 g/mol. The predicted octanol–water partition coefficient (Wildman–Crippen LogP) is -2.70. The van der Waals surface area contributed by atoms with Crippen LogP contribution in [0.15, 0.2) is 0 Å². The number of carbonyl (C=O) groups excluding carboxylic acids is 1. The van der Waals surface area contributed by atoms with Crippen LogP contribution in [-0.2, 0) is 14.3 Å². The molecule has 0 aromatic heterocycles. The van der Waals surface area contributed by atoms with E-state index in [1.165, 1.54) is 0 Å². The number of aliphatic hydroxyl groups is 2. The van der Waals surface area contributed by atoms with Gasteiger partial charge in [-0.05, 0) is 37.9 Å². The number of ether oxygens (including phenoxy) is 2. The summed E-state index contributed by atoms with van der Waals surface area (Å²) >= 11 is 1.75. The third kappa shape index (κ3) is 7.11. The zero-order valence-electron chi connectivity index (χ0n) is 14.4. The van der Waals surface area contributed by atoms with Crippen molar-refractivity contribution in [3.8, 4) is 0 Å². The van der Waals surface area contributed by atoms with Crippen molar-refractivity contribution in [1.29, 1.82) is 0 Å². The summed E-state index contributed by atoms with van der Waals surface area (Å²) in [5, 5.41) is 30.7. The van der Waals surface area contributed by atoms with Gasteiger partial charge in [-0.1, -0.05) is 12.8 Å². The van der Waals surface area contributed by atoms with E-state index in [0.717, 1.165) is 43.6 Å². The summed E-state index contributed by atoms with van der Waals surface area (Å²) in [6.45, 7) is 0.555. The van der Waals surface area contributed by atoms with Crippen molar-refractivity contribution in [3.05, 3.63) is 0 Å². The van der Waals surface area contributed by atoms with Gasteiger partial charge in [0.05, 0.1) is 12.2 Å². The fourth-order valence-corrected chi connectivity index (χ4v) is 4.31. The molecule has 5 atom stereocenters. The molecule has 134 valence electrons. The Labute approximate surface area is 170 Å². The molecular weight excluding hydrogens is 343 g/mol. The number of carboxylic acids is 1. The van der Waals surface area contributed by atoms with Gasteiger partial charge in [0.25, 0.3) is 0 Å². The van der Waals surface area contributed by atoms with Crippen LogP contribution >= 0.6 is 11.8 Å². The van der Waals surface area contributed by atoms with Crippen molar-refractivity contribution in [2.75, 3.05) is 18.1 Å². The minimum absolute atomic E-state index is 0. The number of unbranched alkanes of at least 4 members (excludes halogenated alkanes) is 2. The topological polar surface area (TPSA) is 99.1 Å². The zero-order valence-corrected chi connectivity index (χ0v) is 17.2. The maximum atomic E-state index is 10.3. The molecule has 2 bridgehead atoms. The molecule has 24 heavy (non-hydrogen) atoms. The number of thioether (sulfide) groups is 1. The Morgan fingerprint density at radius 1 is 1.17 bits per heavy atom. The molecule has 0 spiro atoms. The van der Waals surface area contributed by atoms with Gasteiger partial charge in [-0.25, -0.2) is 0 Å². The molecule has 0 amide bonds. The first kappa shape index (κ1) is 22.7. The number of carbonyl (C=O) groups is 1. The van der Waals surface area contributed by atoms with E-state index in [1.807, 2.05) is 0 Å². The van der Waals surface area contributed by atoms with E-state index in [-0.39, 0.29) is 48.0 Å². The van der Waals surface area contributed by atoms with Gasteiger partial charge in [-0.2, -0.15) is 11.8 Å². The largest absolute Gasteiger partial charge is 1.00 e. The molecule has 0 aliphatic carbocycles. The van der Waals surface area contributed by atoms with Gasteiger partial charge in [0, 0.05) is 24.2 Å². The molecule has 3 fully saturated rings. The number of aliphatic hydroxyl groups excluding tert-OH is 2. The van der Waals surface area contributed by atoms with Crippen LogP contribution in [0.3, 0.4) is 0 Å². The third-order valence-electron chi connectivity index (χ3n) is 4.52. The van der Waals surface area contributed by atoms with Gasteiger partial charge in [-0.15, -0.1) is 0 Å². The standard InChI is InChI=1S/C16H28O6S.Na/c17-13(18)7-2-1-5-9-23-10-12-11-6-3-4-8-21-16(22-12)15(20)14(11)19;/h11-12,14-16,19-20H,1-10H2,(H,17,18);/q;+1/p-1. The van der Waals surface area contributed by atoms with Crippen molar-refractivity contribution in [2.45, 2.75) is 69.5 Å². The molecule has 0 radical (unpaired) electrons. The molecule has 6 nitrogen and oxygen atoms in total. The summed E-state index contributed by atoms with van der Waals surface area (Å²) in [6, 6.07) is 0. The first-order valence-electron chi connectivity index (χ1n) is 8.50. The molecule has 3 saturated heterocycles. The van der Waals surface area contributed by atoms with Crippen molar-refractivity contribution in [1.82, 2.24) is 0 Å². The Bertz CT molecular complexity index is 370. The van der Waals surface area contributed by atoms with E-state index in [0.29, 0.717) is 13.0 Å². The monoisotopic (exact) mass is 370 g/mol.